The highest BCUT2D eigenvalue weighted by atomic mass is 19.1. The monoisotopic (exact) mass is 281 g/mol. The Morgan fingerprint density at radius 1 is 1.55 bits per heavy atom. The number of phenols is 1. The van der Waals surface area contributed by atoms with Crippen LogP contribution in [-0.4, -0.2) is 48.6 Å². The van der Waals surface area contributed by atoms with Gasteiger partial charge in [-0.1, -0.05) is 6.92 Å². The van der Waals surface area contributed by atoms with Crippen LogP contribution in [0.3, 0.4) is 0 Å². The second kappa shape index (κ2) is 6.33. The Hall–Kier alpha value is -1.46. The summed E-state index contributed by atoms with van der Waals surface area (Å²) < 4.78 is 18.6. The summed E-state index contributed by atoms with van der Waals surface area (Å²) in [4.78, 5) is 14.1. The average Bonchev–Trinajstić information content (AvgIpc) is 2.43. The van der Waals surface area contributed by atoms with Gasteiger partial charge in [0, 0.05) is 13.7 Å². The number of likely N-dealkylation sites (tertiary alicyclic amines) is 1. The summed E-state index contributed by atoms with van der Waals surface area (Å²) in [6, 6.07) is 3.42. The predicted octanol–water partition coefficient (Wildman–Crippen LogP) is 2.07. The summed E-state index contributed by atoms with van der Waals surface area (Å²) in [5.41, 5.74) is 0.0394. The van der Waals surface area contributed by atoms with Crippen LogP contribution in [0.15, 0.2) is 18.2 Å². The van der Waals surface area contributed by atoms with Crippen molar-refractivity contribution in [2.24, 2.45) is 5.92 Å². The largest absolute Gasteiger partial charge is 0.507 e. The molecule has 1 aromatic carbocycles. The van der Waals surface area contributed by atoms with E-state index in [9.17, 15) is 14.3 Å². The van der Waals surface area contributed by atoms with Crippen molar-refractivity contribution in [2.45, 2.75) is 19.4 Å². The number of hydrogen-bond donors (Lipinski definition) is 1. The Balaban J connectivity index is 2.03. The molecule has 2 rings (SSSR count). The van der Waals surface area contributed by atoms with Crippen LogP contribution in [0.1, 0.15) is 23.7 Å². The molecule has 4 nitrogen and oxygen atoms in total. The fourth-order valence-corrected chi connectivity index (χ4v) is 2.57. The van der Waals surface area contributed by atoms with Gasteiger partial charge in [0.1, 0.15) is 11.6 Å². The first-order chi connectivity index (χ1) is 9.51. The molecule has 1 aliphatic heterocycles. The first kappa shape index (κ1) is 14.9. The van der Waals surface area contributed by atoms with Crippen molar-refractivity contribution in [3.05, 3.63) is 29.6 Å². The van der Waals surface area contributed by atoms with E-state index in [2.05, 4.69) is 6.92 Å². The zero-order valence-corrected chi connectivity index (χ0v) is 11.8. The lowest BCUT2D eigenvalue weighted by Gasteiger charge is -2.35. The fourth-order valence-electron chi connectivity index (χ4n) is 2.57. The van der Waals surface area contributed by atoms with Gasteiger partial charge in [-0.15, -0.1) is 0 Å². The summed E-state index contributed by atoms with van der Waals surface area (Å²) in [5.74, 6) is -0.501. The normalized spacial score (nSPS) is 23.8. The predicted molar refractivity (Wildman–Crippen MR) is 73.4 cm³/mol. The van der Waals surface area contributed by atoms with Crippen molar-refractivity contribution in [2.75, 3.05) is 26.7 Å². The van der Waals surface area contributed by atoms with E-state index in [0.29, 0.717) is 12.5 Å². The van der Waals surface area contributed by atoms with E-state index < -0.39 is 5.82 Å². The molecule has 0 aromatic heterocycles. The van der Waals surface area contributed by atoms with Crippen LogP contribution in [-0.2, 0) is 4.74 Å². The van der Waals surface area contributed by atoms with Gasteiger partial charge < -0.3 is 9.84 Å². The molecule has 0 amide bonds. The van der Waals surface area contributed by atoms with E-state index in [4.69, 9.17) is 4.74 Å². The number of aromatic hydroxyl groups is 1. The minimum absolute atomic E-state index is 0.0394. The van der Waals surface area contributed by atoms with Crippen LogP contribution in [0, 0.1) is 11.7 Å². The molecule has 0 radical (unpaired) electrons. The highest BCUT2D eigenvalue weighted by Crippen LogP contribution is 2.22. The molecule has 1 N–H and O–H groups in total. The van der Waals surface area contributed by atoms with Gasteiger partial charge in [0.05, 0.1) is 18.2 Å². The van der Waals surface area contributed by atoms with Gasteiger partial charge in [0.25, 0.3) is 0 Å². The van der Waals surface area contributed by atoms with Gasteiger partial charge in [0.15, 0.2) is 5.78 Å². The maximum Gasteiger partial charge on any atom is 0.180 e. The number of nitrogens with zero attached hydrogens (tertiary/aromatic N) is 1. The maximum atomic E-state index is 13.2. The molecule has 1 heterocycles. The summed E-state index contributed by atoms with van der Waals surface area (Å²) >= 11 is 0. The van der Waals surface area contributed by atoms with E-state index in [1.165, 1.54) is 6.07 Å². The lowest BCUT2D eigenvalue weighted by Crippen LogP contribution is -2.45. The van der Waals surface area contributed by atoms with Crippen molar-refractivity contribution in [1.29, 1.82) is 0 Å². The molecule has 1 saturated heterocycles. The number of rotatable bonds is 4. The van der Waals surface area contributed by atoms with E-state index in [-0.39, 0.29) is 29.7 Å². The molecular formula is C15H20FNO3. The lowest BCUT2D eigenvalue weighted by atomic mass is 9.95. The standard InChI is InChI=1S/C15H20FNO3/c1-10-5-6-17(9-15(10)20-2)8-14(19)12-7-11(16)3-4-13(12)18/h3-4,7,10,15,18H,5-6,8-9H2,1-2H3. The zero-order chi connectivity index (χ0) is 14.7. The van der Waals surface area contributed by atoms with E-state index in [1.54, 1.807) is 7.11 Å². The third-order valence-electron chi connectivity index (χ3n) is 3.90. The van der Waals surface area contributed by atoms with Gasteiger partial charge in [-0.3, -0.25) is 9.69 Å². The third-order valence-corrected chi connectivity index (χ3v) is 3.90. The van der Waals surface area contributed by atoms with Crippen LogP contribution in [0.2, 0.25) is 0 Å². The van der Waals surface area contributed by atoms with Gasteiger partial charge in [0.2, 0.25) is 0 Å². The Morgan fingerprint density at radius 2 is 2.30 bits per heavy atom. The minimum Gasteiger partial charge on any atom is -0.507 e. The number of benzene rings is 1. The van der Waals surface area contributed by atoms with Gasteiger partial charge in [-0.05, 0) is 37.1 Å². The SMILES string of the molecule is COC1CN(CC(=O)c2cc(F)ccc2O)CCC1C. The third kappa shape index (κ3) is 3.35. The number of halogens is 1. The van der Waals surface area contributed by atoms with Crippen molar-refractivity contribution >= 4 is 5.78 Å². The first-order valence-electron chi connectivity index (χ1n) is 6.78. The second-order valence-electron chi connectivity index (χ2n) is 5.36. The smallest absolute Gasteiger partial charge is 0.180 e. The topological polar surface area (TPSA) is 49.8 Å². The number of ether oxygens (including phenoxy) is 1. The van der Waals surface area contributed by atoms with Crippen molar-refractivity contribution in [1.82, 2.24) is 4.90 Å². The van der Waals surface area contributed by atoms with Crippen LogP contribution in [0.5, 0.6) is 5.75 Å². The number of Topliss-reactive ketones (excluding diaryl/α,β-unsaturated/α-hetero) is 1. The molecule has 0 saturated carbocycles. The van der Waals surface area contributed by atoms with Gasteiger partial charge in [-0.25, -0.2) is 4.39 Å². The number of methoxy groups -OCH3 is 1. The second-order valence-corrected chi connectivity index (χ2v) is 5.36. The summed E-state index contributed by atoms with van der Waals surface area (Å²) in [7, 11) is 1.67. The maximum absolute atomic E-state index is 13.2. The molecule has 5 heteroatoms. The molecule has 0 bridgehead atoms. The quantitative estimate of drug-likeness (QED) is 0.858. The molecule has 1 aliphatic rings. The lowest BCUT2D eigenvalue weighted by molar-refractivity contribution is -0.00326. The summed E-state index contributed by atoms with van der Waals surface area (Å²) in [6.07, 6.45) is 1.07. The fraction of sp³-hybridized carbons (Fsp3) is 0.533. The van der Waals surface area contributed by atoms with Crippen molar-refractivity contribution in [3.63, 3.8) is 0 Å². The number of piperidine rings is 1. The molecule has 0 spiro atoms. The molecule has 1 aromatic rings. The van der Waals surface area contributed by atoms with E-state index in [1.807, 2.05) is 4.90 Å². The Kier molecular flexibility index (Phi) is 4.73. The Labute approximate surface area is 118 Å². The molecule has 20 heavy (non-hydrogen) atoms. The van der Waals surface area contributed by atoms with Gasteiger partial charge >= 0.3 is 0 Å². The molecular weight excluding hydrogens is 261 g/mol. The molecule has 0 aliphatic carbocycles. The van der Waals surface area contributed by atoms with Crippen LogP contribution < -0.4 is 0 Å². The Bertz CT molecular complexity index is 492. The van der Waals surface area contributed by atoms with Gasteiger partial charge in [-0.2, -0.15) is 0 Å². The molecule has 1 fully saturated rings. The average molecular weight is 281 g/mol. The van der Waals surface area contributed by atoms with Crippen LogP contribution in [0.4, 0.5) is 4.39 Å². The van der Waals surface area contributed by atoms with Crippen molar-refractivity contribution < 1.29 is 19.0 Å². The number of ketones is 1. The Morgan fingerprint density at radius 3 is 3.00 bits per heavy atom. The summed E-state index contributed by atoms with van der Waals surface area (Å²) in [6.45, 7) is 3.79. The number of carbonyl (C=O) groups excluding carboxylic acids is 1. The van der Waals surface area contributed by atoms with Crippen LogP contribution in [0.25, 0.3) is 0 Å². The van der Waals surface area contributed by atoms with Crippen molar-refractivity contribution in [3.8, 4) is 5.75 Å². The highest BCUT2D eigenvalue weighted by Gasteiger charge is 2.27. The van der Waals surface area contributed by atoms with E-state index >= 15 is 0 Å². The summed E-state index contributed by atoms with van der Waals surface area (Å²) in [5, 5.41) is 9.64. The molecule has 2 unspecified atom stereocenters. The minimum atomic E-state index is -0.520. The molecule has 2 atom stereocenters. The first-order valence-corrected chi connectivity index (χ1v) is 6.78. The number of phenolic OH excluding ortho intramolecular Hbond substituents is 1. The number of carbonyl (C=O) groups is 1. The zero-order valence-electron chi connectivity index (χ0n) is 11.8. The van der Waals surface area contributed by atoms with E-state index in [0.717, 1.165) is 25.1 Å². The highest BCUT2D eigenvalue weighted by molar-refractivity contribution is 6.00. The number of hydrogen-bond acceptors (Lipinski definition) is 4. The molecule has 110 valence electrons. The van der Waals surface area contributed by atoms with Crippen LogP contribution >= 0.6 is 0 Å².